The van der Waals surface area contributed by atoms with Crippen LogP contribution in [0.3, 0.4) is 0 Å². The minimum absolute atomic E-state index is 0.500. The van der Waals surface area contributed by atoms with Crippen LogP contribution < -0.4 is 0 Å². The van der Waals surface area contributed by atoms with Crippen molar-refractivity contribution in [1.82, 2.24) is 4.90 Å². The maximum absolute atomic E-state index is 11.0. The third-order valence-electron chi connectivity index (χ3n) is 2.05. The van der Waals surface area contributed by atoms with Crippen LogP contribution >= 0.6 is 0 Å². The van der Waals surface area contributed by atoms with Crippen molar-refractivity contribution >= 4 is 17.9 Å². The minimum atomic E-state index is -2.39. The molecule has 0 aromatic heterocycles. The summed E-state index contributed by atoms with van der Waals surface area (Å²) in [4.78, 5) is 32.5. The van der Waals surface area contributed by atoms with Crippen molar-refractivity contribution in [2.45, 2.75) is 5.72 Å². The molecule has 0 aliphatic rings. The maximum Gasteiger partial charge on any atom is 0.354 e. The lowest BCUT2D eigenvalue weighted by Gasteiger charge is -2.35. The predicted molar refractivity (Wildman–Crippen MR) is 51.3 cm³/mol. The quantitative estimate of drug-likeness (QED) is 0.355. The van der Waals surface area contributed by atoms with Crippen molar-refractivity contribution in [3.05, 3.63) is 0 Å². The van der Waals surface area contributed by atoms with Crippen LogP contribution in [0.25, 0.3) is 0 Å². The summed E-state index contributed by atoms with van der Waals surface area (Å²) >= 11 is 0. The second kappa shape index (κ2) is 6.13. The molecule has 0 saturated heterocycles. The van der Waals surface area contributed by atoms with Crippen LogP contribution in [0.15, 0.2) is 0 Å². The average Bonchev–Trinajstić information content (AvgIpc) is 2.17. The summed E-state index contributed by atoms with van der Waals surface area (Å²) in [5.41, 5.74) is -2.39. The average molecular weight is 251 g/mol. The second-order valence-corrected chi connectivity index (χ2v) is 3.10. The fourth-order valence-electron chi connectivity index (χ4n) is 1.22. The van der Waals surface area contributed by atoms with E-state index in [0.29, 0.717) is 4.90 Å². The number of hydrogen-bond acceptors (Lipinski definition) is 6. The summed E-state index contributed by atoms with van der Waals surface area (Å²) in [6.45, 7) is -2.88. The van der Waals surface area contributed by atoms with E-state index in [9.17, 15) is 14.4 Å². The molecular formula is C8H13NO8. The molecule has 9 nitrogen and oxygen atoms in total. The molecule has 0 spiro atoms. The van der Waals surface area contributed by atoms with Gasteiger partial charge in [0.15, 0.2) is 0 Å². The Labute approximate surface area is 95.8 Å². The van der Waals surface area contributed by atoms with E-state index in [-0.39, 0.29) is 0 Å². The van der Waals surface area contributed by atoms with E-state index in [4.69, 9.17) is 20.4 Å². The molecule has 1 atom stereocenters. The van der Waals surface area contributed by atoms with E-state index in [1.54, 1.807) is 0 Å². The lowest BCUT2D eigenvalue weighted by Crippen LogP contribution is -2.61. The van der Waals surface area contributed by atoms with Gasteiger partial charge in [-0.3, -0.25) is 9.59 Å². The highest BCUT2D eigenvalue weighted by molar-refractivity contribution is 5.80. The SMILES string of the molecule is COC(CO)(C(=O)O)N(CC(=O)O)CC(=O)O. The van der Waals surface area contributed by atoms with Gasteiger partial charge in [0, 0.05) is 7.11 Å². The smallest absolute Gasteiger partial charge is 0.354 e. The Morgan fingerprint density at radius 3 is 1.71 bits per heavy atom. The topological polar surface area (TPSA) is 145 Å². The van der Waals surface area contributed by atoms with Crippen LogP contribution in [0.2, 0.25) is 0 Å². The van der Waals surface area contributed by atoms with Crippen LogP contribution in [0.1, 0.15) is 0 Å². The minimum Gasteiger partial charge on any atom is -0.480 e. The first-order chi connectivity index (χ1) is 7.80. The molecule has 98 valence electrons. The van der Waals surface area contributed by atoms with Crippen LogP contribution in [-0.2, 0) is 19.1 Å². The normalized spacial score (nSPS) is 14.3. The van der Waals surface area contributed by atoms with E-state index in [1.807, 2.05) is 0 Å². The van der Waals surface area contributed by atoms with Crippen LogP contribution in [0.4, 0.5) is 0 Å². The maximum atomic E-state index is 11.0. The van der Waals surface area contributed by atoms with E-state index >= 15 is 0 Å². The van der Waals surface area contributed by atoms with Gasteiger partial charge >= 0.3 is 17.9 Å². The fourth-order valence-corrected chi connectivity index (χ4v) is 1.22. The molecule has 0 bridgehead atoms. The van der Waals surface area contributed by atoms with Gasteiger partial charge in [-0.15, -0.1) is 0 Å². The molecule has 0 aliphatic carbocycles. The summed E-state index contributed by atoms with van der Waals surface area (Å²) in [7, 11) is 0.932. The molecule has 0 aromatic carbocycles. The van der Waals surface area contributed by atoms with Crippen LogP contribution in [-0.4, -0.2) is 75.8 Å². The van der Waals surface area contributed by atoms with Crippen molar-refractivity contribution in [2.24, 2.45) is 0 Å². The number of carboxylic acids is 3. The Balaban J connectivity index is 5.26. The summed E-state index contributed by atoms with van der Waals surface area (Å²) < 4.78 is 4.56. The summed E-state index contributed by atoms with van der Waals surface area (Å²) in [6, 6.07) is 0. The Kier molecular flexibility index (Phi) is 5.51. The van der Waals surface area contributed by atoms with E-state index in [0.717, 1.165) is 7.11 Å². The number of ether oxygens (including phenoxy) is 1. The number of rotatable bonds is 8. The third kappa shape index (κ3) is 3.66. The zero-order chi connectivity index (χ0) is 13.6. The highest BCUT2D eigenvalue weighted by Gasteiger charge is 2.46. The largest absolute Gasteiger partial charge is 0.480 e. The molecule has 0 saturated carbocycles. The Morgan fingerprint density at radius 2 is 1.53 bits per heavy atom. The summed E-state index contributed by atoms with van der Waals surface area (Å²) in [5, 5.41) is 35.1. The monoisotopic (exact) mass is 251 g/mol. The van der Waals surface area contributed by atoms with Gasteiger partial charge in [-0.1, -0.05) is 0 Å². The Bertz CT molecular complexity index is 295. The first kappa shape index (κ1) is 15.3. The Hall–Kier alpha value is -1.71. The van der Waals surface area contributed by atoms with Gasteiger partial charge in [0.2, 0.25) is 5.72 Å². The molecule has 9 heteroatoms. The van der Waals surface area contributed by atoms with Gasteiger partial charge in [-0.05, 0) is 0 Å². The van der Waals surface area contributed by atoms with E-state index < -0.39 is 43.3 Å². The fraction of sp³-hybridized carbons (Fsp3) is 0.625. The Morgan fingerprint density at radius 1 is 1.12 bits per heavy atom. The van der Waals surface area contributed by atoms with Crippen LogP contribution in [0.5, 0.6) is 0 Å². The molecule has 0 rings (SSSR count). The molecule has 17 heavy (non-hydrogen) atoms. The zero-order valence-electron chi connectivity index (χ0n) is 8.99. The van der Waals surface area contributed by atoms with Crippen LogP contribution in [0, 0.1) is 0 Å². The molecule has 0 aromatic rings. The van der Waals surface area contributed by atoms with Gasteiger partial charge in [0.25, 0.3) is 0 Å². The lowest BCUT2D eigenvalue weighted by atomic mass is 10.2. The first-order valence-electron chi connectivity index (χ1n) is 4.38. The molecule has 0 heterocycles. The van der Waals surface area contributed by atoms with Gasteiger partial charge in [-0.2, -0.15) is 0 Å². The molecular weight excluding hydrogens is 238 g/mol. The number of hydrogen-bond donors (Lipinski definition) is 4. The molecule has 4 N–H and O–H groups in total. The van der Waals surface area contributed by atoms with Crippen molar-refractivity contribution < 1.29 is 39.5 Å². The highest BCUT2D eigenvalue weighted by Crippen LogP contribution is 2.16. The van der Waals surface area contributed by atoms with Crippen molar-refractivity contribution in [2.75, 3.05) is 26.8 Å². The van der Waals surface area contributed by atoms with Crippen molar-refractivity contribution in [1.29, 1.82) is 0 Å². The molecule has 0 amide bonds. The van der Waals surface area contributed by atoms with Crippen molar-refractivity contribution in [3.63, 3.8) is 0 Å². The summed E-state index contributed by atoms with van der Waals surface area (Å²) in [6.07, 6.45) is 0. The van der Waals surface area contributed by atoms with E-state index in [1.165, 1.54) is 0 Å². The van der Waals surface area contributed by atoms with Crippen molar-refractivity contribution in [3.8, 4) is 0 Å². The number of nitrogens with zero attached hydrogens (tertiary/aromatic N) is 1. The summed E-state index contributed by atoms with van der Waals surface area (Å²) in [5.74, 6) is -4.56. The highest BCUT2D eigenvalue weighted by atomic mass is 16.5. The van der Waals surface area contributed by atoms with Gasteiger partial charge < -0.3 is 25.2 Å². The number of aliphatic hydroxyl groups is 1. The predicted octanol–water partition coefficient (Wildman–Crippen LogP) is -2.12. The first-order valence-corrected chi connectivity index (χ1v) is 4.38. The number of methoxy groups -OCH3 is 1. The van der Waals surface area contributed by atoms with Gasteiger partial charge in [0.1, 0.15) is 13.1 Å². The lowest BCUT2D eigenvalue weighted by molar-refractivity contribution is -0.203. The molecule has 0 radical (unpaired) electrons. The molecule has 1 unspecified atom stereocenters. The van der Waals surface area contributed by atoms with Gasteiger partial charge in [0.05, 0.1) is 6.61 Å². The molecule has 0 fully saturated rings. The number of carbonyl (C=O) groups is 3. The second-order valence-electron chi connectivity index (χ2n) is 3.10. The third-order valence-corrected chi connectivity index (χ3v) is 2.05. The number of aliphatic carboxylic acids is 3. The standard InChI is InChI=1S/C8H13NO8/c1-17-8(4-10,7(15)16)9(2-5(11)12)3-6(13)14/h10H,2-4H2,1H3,(H,11,12)(H,13,14)(H,15,16). The molecule has 0 aliphatic heterocycles. The number of aliphatic hydroxyl groups excluding tert-OH is 1. The van der Waals surface area contributed by atoms with E-state index in [2.05, 4.69) is 4.74 Å². The zero-order valence-corrected chi connectivity index (χ0v) is 8.99. The van der Waals surface area contributed by atoms with Gasteiger partial charge in [-0.25, -0.2) is 9.69 Å². The number of carboxylic acid groups (broad SMARTS) is 3.